The van der Waals surface area contributed by atoms with Crippen LogP contribution in [0.15, 0.2) is 72.8 Å². The van der Waals surface area contributed by atoms with E-state index in [0.717, 1.165) is 43.2 Å². The maximum absolute atomic E-state index is 13.2. The monoisotopic (exact) mass is 437 g/mol. The summed E-state index contributed by atoms with van der Waals surface area (Å²) in [5, 5.41) is 0. The van der Waals surface area contributed by atoms with Crippen LogP contribution in [0.5, 0.6) is 0 Å². The lowest BCUT2D eigenvalue weighted by Crippen LogP contribution is -2.41. The second-order valence-corrected chi connectivity index (χ2v) is 9.33. The van der Waals surface area contributed by atoms with Crippen LogP contribution in [0.3, 0.4) is 0 Å². The van der Waals surface area contributed by atoms with Gasteiger partial charge in [0, 0.05) is 24.4 Å². The van der Waals surface area contributed by atoms with Gasteiger partial charge >= 0.3 is 0 Å². The van der Waals surface area contributed by atoms with Gasteiger partial charge in [0.05, 0.1) is 6.04 Å². The molecule has 2 aliphatic rings. The van der Waals surface area contributed by atoms with Crippen LogP contribution in [0.2, 0.25) is 0 Å². The second kappa shape index (κ2) is 9.35. The molecule has 0 radical (unpaired) electrons. The molecule has 0 bridgehead atoms. The van der Waals surface area contributed by atoms with E-state index >= 15 is 0 Å². The molecule has 0 aromatic heterocycles. The Labute approximate surface area is 196 Å². The number of fused-ring (bicyclic) bond motifs is 4. The van der Waals surface area contributed by atoms with E-state index < -0.39 is 0 Å². The van der Waals surface area contributed by atoms with E-state index in [1.54, 1.807) is 4.90 Å². The number of unbranched alkanes of at least 4 members (excludes halogenated alkanes) is 1. The molecule has 1 unspecified atom stereocenters. The summed E-state index contributed by atoms with van der Waals surface area (Å²) in [6.07, 6.45) is 5.10. The molecule has 0 fully saturated rings. The summed E-state index contributed by atoms with van der Waals surface area (Å²) in [6, 6.07) is 24.9. The summed E-state index contributed by atoms with van der Waals surface area (Å²) in [6.45, 7) is 2.64. The molecule has 3 nitrogen and oxygen atoms in total. The smallest absolute Gasteiger partial charge is 0.255 e. The van der Waals surface area contributed by atoms with Gasteiger partial charge in [-0.3, -0.25) is 9.59 Å². The van der Waals surface area contributed by atoms with Crippen molar-refractivity contribution in [2.75, 3.05) is 0 Å². The molecule has 1 amide bonds. The van der Waals surface area contributed by atoms with E-state index in [9.17, 15) is 9.59 Å². The lowest BCUT2D eigenvalue weighted by Gasteiger charge is -2.26. The van der Waals surface area contributed by atoms with Gasteiger partial charge in [0.2, 0.25) is 0 Å². The predicted octanol–water partition coefficient (Wildman–Crippen LogP) is 6.75. The number of carbonyl (C=O) groups is 2. The molecule has 3 heteroatoms. The van der Waals surface area contributed by atoms with E-state index in [0.29, 0.717) is 18.9 Å². The van der Waals surface area contributed by atoms with Crippen molar-refractivity contribution >= 4 is 11.7 Å². The van der Waals surface area contributed by atoms with Crippen molar-refractivity contribution in [2.24, 2.45) is 0 Å². The number of rotatable bonds is 9. The van der Waals surface area contributed by atoms with Gasteiger partial charge in [0.25, 0.3) is 5.91 Å². The summed E-state index contributed by atoms with van der Waals surface area (Å²) < 4.78 is 0. The number of amides is 1. The fourth-order valence-corrected chi connectivity index (χ4v) is 5.68. The van der Waals surface area contributed by atoms with E-state index in [1.807, 2.05) is 24.3 Å². The Balaban J connectivity index is 1.21. The number of ketones is 1. The summed E-state index contributed by atoms with van der Waals surface area (Å²) >= 11 is 0. The van der Waals surface area contributed by atoms with E-state index in [-0.39, 0.29) is 17.7 Å². The average Bonchev–Trinajstić information content (AvgIpc) is 3.35. The van der Waals surface area contributed by atoms with Gasteiger partial charge < -0.3 is 4.90 Å². The molecule has 1 heterocycles. The molecule has 1 aliphatic heterocycles. The first-order chi connectivity index (χ1) is 16.2. The van der Waals surface area contributed by atoms with E-state index in [1.165, 1.54) is 22.3 Å². The predicted molar refractivity (Wildman–Crippen MR) is 132 cm³/mol. The number of nitrogens with zero attached hydrogens (tertiary/aromatic N) is 1. The molecular formula is C30H31NO2. The lowest BCUT2D eigenvalue weighted by atomic mass is 9.90. The summed E-state index contributed by atoms with van der Waals surface area (Å²) in [5.41, 5.74) is 7.32. The van der Waals surface area contributed by atoms with Crippen molar-refractivity contribution in [3.63, 3.8) is 0 Å². The highest BCUT2D eigenvalue weighted by molar-refractivity contribution is 6.01. The highest BCUT2D eigenvalue weighted by Crippen LogP contribution is 2.46. The molecule has 1 atom stereocenters. The summed E-state index contributed by atoms with van der Waals surface area (Å²) in [5.74, 6) is 0.635. The van der Waals surface area contributed by atoms with Crippen molar-refractivity contribution < 1.29 is 9.59 Å². The molecule has 0 saturated carbocycles. The molecule has 0 N–H and O–H groups in total. The number of hydrogen-bond donors (Lipinski definition) is 0. The van der Waals surface area contributed by atoms with Gasteiger partial charge in [0.1, 0.15) is 0 Å². The van der Waals surface area contributed by atoms with Crippen LogP contribution in [0.4, 0.5) is 0 Å². The van der Waals surface area contributed by atoms with Gasteiger partial charge in [-0.1, -0.05) is 86.5 Å². The highest BCUT2D eigenvalue weighted by Gasteiger charge is 2.35. The fourth-order valence-electron chi connectivity index (χ4n) is 5.68. The minimum Gasteiger partial charge on any atom is -0.324 e. The Morgan fingerprint density at radius 2 is 1.48 bits per heavy atom. The first-order valence-corrected chi connectivity index (χ1v) is 12.3. The van der Waals surface area contributed by atoms with Crippen molar-refractivity contribution in [1.82, 2.24) is 4.90 Å². The van der Waals surface area contributed by atoms with Crippen LogP contribution in [0.1, 0.15) is 78.4 Å². The van der Waals surface area contributed by atoms with Gasteiger partial charge in [-0.05, 0) is 53.1 Å². The first kappa shape index (κ1) is 21.6. The molecule has 5 rings (SSSR count). The quantitative estimate of drug-likeness (QED) is 0.347. The number of benzene rings is 3. The molecular weight excluding hydrogens is 406 g/mol. The Morgan fingerprint density at radius 3 is 2.12 bits per heavy atom. The van der Waals surface area contributed by atoms with Gasteiger partial charge in [-0.2, -0.15) is 0 Å². The van der Waals surface area contributed by atoms with Crippen molar-refractivity contribution in [3.05, 3.63) is 95.1 Å². The standard InChI is InChI=1S/C30H31NO2/c1-2-11-28(31-20-21-12-3-4-13-22(21)30(31)33)29(32)19-10-9-18-27-25-16-7-5-14-23(25)24-15-6-8-17-26(24)27/h3-8,12-17,27-28H,2,9-11,18-20H2,1H3. The largest absolute Gasteiger partial charge is 0.324 e. The third kappa shape index (κ3) is 4.01. The van der Waals surface area contributed by atoms with Crippen LogP contribution in [-0.2, 0) is 11.3 Å². The minimum absolute atomic E-state index is 0.0107. The fraction of sp³-hybridized carbons (Fsp3) is 0.333. The Morgan fingerprint density at radius 1 is 0.879 bits per heavy atom. The molecule has 33 heavy (non-hydrogen) atoms. The van der Waals surface area contributed by atoms with Crippen molar-refractivity contribution in [1.29, 1.82) is 0 Å². The first-order valence-electron chi connectivity index (χ1n) is 12.3. The SMILES string of the molecule is CCCC(C(=O)CCCCC1c2ccccc2-c2ccccc21)N1Cc2ccccc2C1=O. The van der Waals surface area contributed by atoms with E-state index in [4.69, 9.17) is 0 Å². The maximum Gasteiger partial charge on any atom is 0.255 e. The number of hydrogen-bond acceptors (Lipinski definition) is 2. The Kier molecular flexibility index (Phi) is 6.13. The van der Waals surface area contributed by atoms with Crippen LogP contribution in [-0.4, -0.2) is 22.6 Å². The molecule has 3 aromatic rings. The number of Topliss-reactive ketones (excluding diaryl/α,β-unsaturated/α-hetero) is 1. The Bertz CT molecular complexity index is 1140. The molecule has 0 spiro atoms. The summed E-state index contributed by atoms with van der Waals surface area (Å²) in [4.78, 5) is 28.0. The third-order valence-electron chi connectivity index (χ3n) is 7.29. The topological polar surface area (TPSA) is 37.4 Å². The lowest BCUT2D eigenvalue weighted by molar-refractivity contribution is -0.124. The zero-order valence-electron chi connectivity index (χ0n) is 19.3. The van der Waals surface area contributed by atoms with Crippen LogP contribution in [0, 0.1) is 0 Å². The van der Waals surface area contributed by atoms with E-state index in [2.05, 4.69) is 55.5 Å². The van der Waals surface area contributed by atoms with Gasteiger partial charge in [0.15, 0.2) is 5.78 Å². The number of carbonyl (C=O) groups excluding carboxylic acids is 2. The second-order valence-electron chi connectivity index (χ2n) is 9.33. The van der Waals surface area contributed by atoms with Gasteiger partial charge in [-0.25, -0.2) is 0 Å². The van der Waals surface area contributed by atoms with Crippen LogP contribution < -0.4 is 0 Å². The third-order valence-corrected chi connectivity index (χ3v) is 7.29. The van der Waals surface area contributed by atoms with Crippen molar-refractivity contribution in [3.8, 4) is 11.1 Å². The molecule has 0 saturated heterocycles. The van der Waals surface area contributed by atoms with Crippen LogP contribution in [0.25, 0.3) is 11.1 Å². The zero-order chi connectivity index (χ0) is 22.8. The average molecular weight is 438 g/mol. The molecule has 168 valence electrons. The van der Waals surface area contributed by atoms with Crippen molar-refractivity contribution in [2.45, 2.75) is 64.0 Å². The van der Waals surface area contributed by atoms with Gasteiger partial charge in [-0.15, -0.1) is 0 Å². The minimum atomic E-state index is -0.303. The molecule has 1 aliphatic carbocycles. The molecule has 3 aromatic carbocycles. The summed E-state index contributed by atoms with van der Waals surface area (Å²) in [7, 11) is 0. The highest BCUT2D eigenvalue weighted by atomic mass is 16.2. The zero-order valence-corrected chi connectivity index (χ0v) is 19.3. The van der Waals surface area contributed by atoms with Crippen LogP contribution >= 0.6 is 0 Å². The maximum atomic E-state index is 13.2. The Hall–Kier alpha value is -3.20. The normalized spacial score (nSPS) is 15.3.